The molecular formula is C22H32N4O2S. The Morgan fingerprint density at radius 2 is 1.97 bits per heavy atom. The van der Waals surface area contributed by atoms with E-state index >= 15 is 0 Å². The predicted octanol–water partition coefficient (Wildman–Crippen LogP) is 4.64. The zero-order valence-corrected chi connectivity index (χ0v) is 18.7. The van der Waals surface area contributed by atoms with Gasteiger partial charge in [0.15, 0.2) is 11.0 Å². The van der Waals surface area contributed by atoms with Crippen LogP contribution in [0.1, 0.15) is 52.9 Å². The predicted molar refractivity (Wildman–Crippen MR) is 117 cm³/mol. The van der Waals surface area contributed by atoms with E-state index in [9.17, 15) is 4.79 Å². The Bertz CT molecular complexity index is 817. The van der Waals surface area contributed by atoms with Crippen molar-refractivity contribution < 1.29 is 9.53 Å². The number of methoxy groups -OCH3 is 1. The van der Waals surface area contributed by atoms with Gasteiger partial charge < -0.3 is 14.2 Å². The van der Waals surface area contributed by atoms with Gasteiger partial charge in [-0.2, -0.15) is 0 Å². The van der Waals surface area contributed by atoms with Gasteiger partial charge in [0, 0.05) is 19.1 Å². The highest BCUT2D eigenvalue weighted by Crippen LogP contribution is 2.33. The van der Waals surface area contributed by atoms with Crippen molar-refractivity contribution in [3.8, 4) is 17.1 Å². The fourth-order valence-electron chi connectivity index (χ4n) is 4.12. The van der Waals surface area contributed by atoms with Crippen molar-refractivity contribution in [2.24, 2.45) is 0 Å². The van der Waals surface area contributed by atoms with E-state index < -0.39 is 0 Å². The Morgan fingerprint density at radius 1 is 1.24 bits per heavy atom. The smallest absolute Gasteiger partial charge is 0.236 e. The highest BCUT2D eigenvalue weighted by atomic mass is 32.2. The number of benzene rings is 1. The second kappa shape index (κ2) is 10.1. The van der Waals surface area contributed by atoms with Crippen LogP contribution in [0.5, 0.6) is 5.75 Å². The first kappa shape index (κ1) is 21.7. The summed E-state index contributed by atoms with van der Waals surface area (Å²) in [6, 6.07) is 8.20. The normalized spacial score (nSPS) is 15.9. The minimum Gasteiger partial charge on any atom is -0.496 e. The molecule has 1 aliphatic carbocycles. The summed E-state index contributed by atoms with van der Waals surface area (Å²) in [4.78, 5) is 15.3. The van der Waals surface area contributed by atoms with E-state index in [1.54, 1.807) is 7.11 Å². The molecule has 0 radical (unpaired) electrons. The van der Waals surface area contributed by atoms with Gasteiger partial charge in [0.2, 0.25) is 5.91 Å². The first-order chi connectivity index (χ1) is 14.1. The van der Waals surface area contributed by atoms with Crippen LogP contribution in [-0.4, -0.2) is 50.5 Å². The maximum absolute atomic E-state index is 13.2. The number of aromatic nitrogens is 3. The van der Waals surface area contributed by atoms with Crippen LogP contribution in [0.25, 0.3) is 11.4 Å². The molecule has 6 nitrogen and oxygen atoms in total. The fourth-order valence-corrected chi connectivity index (χ4v) is 5.10. The van der Waals surface area contributed by atoms with Crippen LogP contribution in [0.3, 0.4) is 0 Å². The standard InChI is InChI=1S/C22H32N4O2S/c1-5-25(17-12-8-7-9-13-17)21(27)16(3)29-22-24-23-20(26(22)6-2)18-14-10-11-15-19(18)28-4/h10-11,14-17H,5-9,12-13H2,1-4H3. The van der Waals surface area contributed by atoms with E-state index in [1.165, 1.54) is 31.0 Å². The minimum absolute atomic E-state index is 0.197. The Morgan fingerprint density at radius 3 is 2.62 bits per heavy atom. The van der Waals surface area contributed by atoms with E-state index in [-0.39, 0.29) is 11.2 Å². The number of nitrogens with zero attached hydrogens (tertiary/aromatic N) is 4. The molecule has 1 heterocycles. The van der Waals surface area contributed by atoms with Crippen molar-refractivity contribution in [3.05, 3.63) is 24.3 Å². The van der Waals surface area contributed by atoms with Gasteiger partial charge >= 0.3 is 0 Å². The molecular weight excluding hydrogens is 384 g/mol. The zero-order chi connectivity index (χ0) is 20.8. The highest BCUT2D eigenvalue weighted by molar-refractivity contribution is 8.00. The Kier molecular flexibility index (Phi) is 7.58. The molecule has 1 unspecified atom stereocenters. The van der Waals surface area contributed by atoms with Crippen LogP contribution in [0.15, 0.2) is 29.4 Å². The average Bonchev–Trinajstić information content (AvgIpc) is 3.17. The van der Waals surface area contributed by atoms with Gasteiger partial charge in [0.1, 0.15) is 5.75 Å². The lowest BCUT2D eigenvalue weighted by molar-refractivity contribution is -0.133. The van der Waals surface area contributed by atoms with Gasteiger partial charge in [-0.1, -0.05) is 43.2 Å². The molecule has 1 fully saturated rings. The maximum atomic E-state index is 13.2. The van der Waals surface area contributed by atoms with Crippen molar-refractivity contribution >= 4 is 17.7 Å². The molecule has 1 atom stereocenters. The van der Waals surface area contributed by atoms with Gasteiger partial charge in [-0.15, -0.1) is 10.2 Å². The molecule has 1 aromatic carbocycles. The van der Waals surface area contributed by atoms with E-state index in [1.807, 2.05) is 31.2 Å². The van der Waals surface area contributed by atoms with Crippen LogP contribution in [0.2, 0.25) is 0 Å². The second-order valence-electron chi connectivity index (χ2n) is 7.43. The summed E-state index contributed by atoms with van der Waals surface area (Å²) in [7, 11) is 1.66. The molecule has 158 valence electrons. The molecule has 0 spiro atoms. The number of ether oxygens (including phenoxy) is 1. The molecule has 2 aromatic rings. The second-order valence-corrected chi connectivity index (χ2v) is 8.73. The number of para-hydroxylation sites is 1. The van der Waals surface area contributed by atoms with Crippen LogP contribution in [0.4, 0.5) is 0 Å². The molecule has 0 aliphatic heterocycles. The first-order valence-electron chi connectivity index (χ1n) is 10.6. The van der Waals surface area contributed by atoms with Crippen LogP contribution >= 0.6 is 11.8 Å². The van der Waals surface area contributed by atoms with Gasteiger partial charge in [-0.25, -0.2) is 0 Å². The molecule has 0 saturated heterocycles. The van der Waals surface area contributed by atoms with Crippen molar-refractivity contribution in [3.63, 3.8) is 0 Å². The summed E-state index contributed by atoms with van der Waals surface area (Å²) >= 11 is 1.50. The number of hydrogen-bond acceptors (Lipinski definition) is 5. The number of thioether (sulfide) groups is 1. The molecule has 1 saturated carbocycles. The van der Waals surface area contributed by atoms with Crippen LogP contribution in [0, 0.1) is 0 Å². The summed E-state index contributed by atoms with van der Waals surface area (Å²) in [5.74, 6) is 1.74. The van der Waals surface area contributed by atoms with E-state index in [0.29, 0.717) is 6.04 Å². The third-order valence-electron chi connectivity index (χ3n) is 5.65. The third kappa shape index (κ3) is 4.77. The molecule has 3 rings (SSSR count). The van der Waals surface area contributed by atoms with Gasteiger partial charge in [0.05, 0.1) is 17.9 Å². The summed E-state index contributed by atoms with van der Waals surface area (Å²) in [5, 5.41) is 9.40. The molecule has 1 amide bonds. The monoisotopic (exact) mass is 416 g/mol. The molecule has 0 bridgehead atoms. The summed E-state index contributed by atoms with van der Waals surface area (Å²) in [5.41, 5.74) is 0.910. The lowest BCUT2D eigenvalue weighted by atomic mass is 9.94. The highest BCUT2D eigenvalue weighted by Gasteiger charge is 2.29. The number of hydrogen-bond donors (Lipinski definition) is 0. The van der Waals surface area contributed by atoms with Gasteiger partial charge in [-0.05, 0) is 45.7 Å². The van der Waals surface area contributed by atoms with E-state index in [0.717, 1.165) is 48.2 Å². The first-order valence-corrected chi connectivity index (χ1v) is 11.5. The summed E-state index contributed by atoms with van der Waals surface area (Å²) in [6.07, 6.45) is 5.99. The molecule has 7 heteroatoms. The fraction of sp³-hybridized carbons (Fsp3) is 0.591. The lowest BCUT2D eigenvalue weighted by Gasteiger charge is -2.35. The van der Waals surface area contributed by atoms with Crippen molar-refractivity contribution in [1.82, 2.24) is 19.7 Å². The Labute approximate surface area is 178 Å². The van der Waals surface area contributed by atoms with E-state index in [4.69, 9.17) is 4.74 Å². The molecule has 1 aromatic heterocycles. The topological polar surface area (TPSA) is 60.3 Å². The number of amides is 1. The van der Waals surface area contributed by atoms with Crippen LogP contribution in [-0.2, 0) is 11.3 Å². The number of rotatable bonds is 8. The largest absolute Gasteiger partial charge is 0.496 e. The Hall–Kier alpha value is -2.02. The van der Waals surface area contributed by atoms with Crippen molar-refractivity contribution in [2.75, 3.05) is 13.7 Å². The summed E-state index contributed by atoms with van der Waals surface area (Å²) in [6.45, 7) is 7.62. The molecule has 29 heavy (non-hydrogen) atoms. The average molecular weight is 417 g/mol. The minimum atomic E-state index is -0.197. The third-order valence-corrected chi connectivity index (χ3v) is 6.72. The SMILES string of the molecule is CCN(C(=O)C(C)Sc1nnc(-c2ccccc2OC)n1CC)C1CCCCC1. The quantitative estimate of drug-likeness (QED) is 0.587. The summed E-state index contributed by atoms with van der Waals surface area (Å²) < 4.78 is 7.55. The van der Waals surface area contributed by atoms with Gasteiger partial charge in [-0.3, -0.25) is 4.79 Å². The molecule has 1 aliphatic rings. The number of carbonyl (C=O) groups excluding carboxylic acids is 1. The maximum Gasteiger partial charge on any atom is 0.236 e. The molecule has 0 N–H and O–H groups in total. The van der Waals surface area contributed by atoms with Crippen molar-refractivity contribution in [2.45, 2.75) is 75.9 Å². The van der Waals surface area contributed by atoms with Crippen molar-refractivity contribution in [1.29, 1.82) is 0 Å². The lowest BCUT2D eigenvalue weighted by Crippen LogP contribution is -2.44. The number of carbonyl (C=O) groups is 1. The Balaban J connectivity index is 1.79. The zero-order valence-electron chi connectivity index (χ0n) is 17.9. The van der Waals surface area contributed by atoms with E-state index in [2.05, 4.69) is 33.5 Å². The van der Waals surface area contributed by atoms with Gasteiger partial charge in [0.25, 0.3) is 0 Å². The van der Waals surface area contributed by atoms with Crippen LogP contribution < -0.4 is 4.74 Å².